The fraction of sp³-hybridized carbons (Fsp3) is 0.700. The highest BCUT2D eigenvalue weighted by Crippen LogP contribution is 2.21. The molecule has 4 heteroatoms. The van der Waals surface area contributed by atoms with Gasteiger partial charge in [0.05, 0.1) is 5.69 Å². The Kier molecular flexibility index (Phi) is 4.74. The first-order valence-electron chi connectivity index (χ1n) is 4.75. The van der Waals surface area contributed by atoms with E-state index < -0.39 is 6.55 Å². The summed E-state index contributed by atoms with van der Waals surface area (Å²) in [4.78, 5) is 0. The van der Waals surface area contributed by atoms with E-state index in [9.17, 15) is 8.78 Å². The molecule has 0 fully saturated rings. The summed E-state index contributed by atoms with van der Waals surface area (Å²) in [7, 11) is 0. The molecule has 14 heavy (non-hydrogen) atoms. The van der Waals surface area contributed by atoms with E-state index in [0.29, 0.717) is 10.4 Å². The molecule has 0 aliphatic rings. The number of hydrogen-bond donors (Lipinski definition) is 0. The van der Waals surface area contributed by atoms with Crippen molar-refractivity contribution in [2.24, 2.45) is 0 Å². The lowest BCUT2D eigenvalue weighted by molar-refractivity contribution is 0.0558. The third-order valence-electron chi connectivity index (χ3n) is 1.58. The largest absolute Gasteiger partial charge is 0.333 e. The molecule has 2 nitrogen and oxygen atoms in total. The summed E-state index contributed by atoms with van der Waals surface area (Å²) in [6.45, 7) is 7.27. The maximum atomic E-state index is 12.1. The van der Waals surface area contributed by atoms with Gasteiger partial charge in [0.1, 0.15) is 0 Å². The molecule has 82 valence electrons. The van der Waals surface area contributed by atoms with E-state index in [1.165, 1.54) is 6.20 Å². The normalized spacial score (nSPS) is 11.1. The van der Waals surface area contributed by atoms with Crippen LogP contribution < -0.4 is 0 Å². The topological polar surface area (TPSA) is 17.8 Å². The lowest BCUT2D eigenvalue weighted by Crippen LogP contribution is -2.13. The van der Waals surface area contributed by atoms with E-state index in [1.54, 1.807) is 6.07 Å². The standard InChI is InChI=1S/C8H12F2N2.C2H6/c1-8(2,3)6-4-5-12(11-6)7(9)10;1-2/h4-5,7H,1-3H3;1-2H3. The summed E-state index contributed by atoms with van der Waals surface area (Å²) in [5.41, 5.74) is 0.517. The SMILES string of the molecule is CC.CC(C)(C)c1ccn(C(F)F)n1. The minimum atomic E-state index is -2.54. The van der Waals surface area contributed by atoms with Crippen LogP contribution in [0.15, 0.2) is 12.3 Å². The average molecular weight is 204 g/mol. The van der Waals surface area contributed by atoms with Crippen molar-refractivity contribution in [3.05, 3.63) is 18.0 Å². The van der Waals surface area contributed by atoms with Crippen LogP contribution >= 0.6 is 0 Å². The van der Waals surface area contributed by atoms with E-state index in [4.69, 9.17) is 0 Å². The van der Waals surface area contributed by atoms with Crippen molar-refractivity contribution < 1.29 is 8.78 Å². The summed E-state index contributed by atoms with van der Waals surface area (Å²) in [6.07, 6.45) is 1.30. The highest BCUT2D eigenvalue weighted by atomic mass is 19.3. The van der Waals surface area contributed by atoms with E-state index in [0.717, 1.165) is 0 Å². The molecule has 0 aliphatic carbocycles. The van der Waals surface area contributed by atoms with E-state index >= 15 is 0 Å². The quantitative estimate of drug-likeness (QED) is 0.683. The van der Waals surface area contributed by atoms with E-state index in [1.807, 2.05) is 34.6 Å². The number of hydrogen-bond acceptors (Lipinski definition) is 1. The zero-order valence-corrected chi connectivity index (χ0v) is 9.38. The maximum Gasteiger partial charge on any atom is 0.333 e. The predicted molar refractivity (Wildman–Crippen MR) is 53.5 cm³/mol. The van der Waals surface area contributed by atoms with Gasteiger partial charge in [0, 0.05) is 11.6 Å². The lowest BCUT2D eigenvalue weighted by atomic mass is 9.93. The van der Waals surface area contributed by atoms with Crippen molar-refractivity contribution in [2.75, 3.05) is 0 Å². The van der Waals surface area contributed by atoms with Gasteiger partial charge in [-0.2, -0.15) is 13.9 Å². The van der Waals surface area contributed by atoms with Crippen LogP contribution in [0.4, 0.5) is 8.78 Å². The minimum Gasteiger partial charge on any atom is -0.211 e. The van der Waals surface area contributed by atoms with Crippen LogP contribution in [0.25, 0.3) is 0 Å². The van der Waals surface area contributed by atoms with Gasteiger partial charge in [0.25, 0.3) is 0 Å². The van der Waals surface area contributed by atoms with Crippen LogP contribution in [0.3, 0.4) is 0 Å². The second kappa shape index (κ2) is 5.08. The highest BCUT2D eigenvalue weighted by molar-refractivity contribution is 5.10. The smallest absolute Gasteiger partial charge is 0.211 e. The second-order valence-electron chi connectivity index (χ2n) is 3.71. The Balaban J connectivity index is 0.000000791. The van der Waals surface area contributed by atoms with Crippen LogP contribution in [0, 0.1) is 0 Å². The molecule has 1 heterocycles. The van der Waals surface area contributed by atoms with Gasteiger partial charge in [-0.25, -0.2) is 4.68 Å². The van der Waals surface area contributed by atoms with Gasteiger partial charge in [0.15, 0.2) is 0 Å². The molecule has 0 saturated carbocycles. The monoisotopic (exact) mass is 204 g/mol. The molecule has 0 N–H and O–H groups in total. The molecule has 0 spiro atoms. The van der Waals surface area contributed by atoms with Crippen LogP contribution in [0.2, 0.25) is 0 Å². The van der Waals surface area contributed by atoms with Crippen molar-refractivity contribution in [1.29, 1.82) is 0 Å². The Labute approximate surface area is 83.9 Å². The van der Waals surface area contributed by atoms with Crippen molar-refractivity contribution >= 4 is 0 Å². The first-order valence-corrected chi connectivity index (χ1v) is 4.75. The van der Waals surface area contributed by atoms with Crippen molar-refractivity contribution in [2.45, 2.75) is 46.6 Å². The number of aromatic nitrogens is 2. The van der Waals surface area contributed by atoms with Crippen LogP contribution in [-0.2, 0) is 5.41 Å². The maximum absolute atomic E-state index is 12.1. The van der Waals surface area contributed by atoms with Crippen molar-refractivity contribution in [3.63, 3.8) is 0 Å². The van der Waals surface area contributed by atoms with Crippen molar-refractivity contribution in [1.82, 2.24) is 9.78 Å². The molecule has 0 amide bonds. The molecule has 1 aromatic heterocycles. The predicted octanol–water partition coefficient (Wildman–Crippen LogP) is 3.60. The molecule has 1 rings (SSSR count). The number of alkyl halides is 2. The summed E-state index contributed by atoms with van der Waals surface area (Å²) >= 11 is 0. The van der Waals surface area contributed by atoms with Gasteiger partial charge < -0.3 is 0 Å². The van der Waals surface area contributed by atoms with E-state index in [-0.39, 0.29) is 5.41 Å². The Bertz CT molecular complexity index is 261. The number of rotatable bonds is 1. The van der Waals surface area contributed by atoms with Crippen LogP contribution in [0.5, 0.6) is 0 Å². The Hall–Kier alpha value is -0.930. The molecule has 0 bridgehead atoms. The third-order valence-corrected chi connectivity index (χ3v) is 1.58. The molecule has 0 aromatic carbocycles. The number of halogens is 2. The highest BCUT2D eigenvalue weighted by Gasteiger charge is 2.18. The summed E-state index contributed by atoms with van der Waals surface area (Å²) in [6, 6.07) is 1.62. The van der Waals surface area contributed by atoms with Gasteiger partial charge in [-0.05, 0) is 6.07 Å². The molecule has 0 atom stereocenters. The molecule has 0 radical (unpaired) electrons. The Morgan fingerprint density at radius 3 is 2.00 bits per heavy atom. The fourth-order valence-electron chi connectivity index (χ4n) is 0.847. The summed E-state index contributed by atoms with van der Waals surface area (Å²) in [5, 5.41) is 3.75. The van der Waals surface area contributed by atoms with Gasteiger partial charge in [0.2, 0.25) is 0 Å². The zero-order valence-electron chi connectivity index (χ0n) is 9.38. The first-order chi connectivity index (χ1) is 6.41. The molecular formula is C10H18F2N2. The van der Waals surface area contributed by atoms with Gasteiger partial charge in [-0.3, -0.25) is 0 Å². The summed E-state index contributed by atoms with van der Waals surface area (Å²) < 4.78 is 24.8. The number of nitrogens with zero attached hydrogens (tertiary/aromatic N) is 2. The molecule has 1 aromatic rings. The lowest BCUT2D eigenvalue weighted by Gasteiger charge is -2.14. The fourth-order valence-corrected chi connectivity index (χ4v) is 0.847. The molecule has 0 aliphatic heterocycles. The van der Waals surface area contributed by atoms with Crippen LogP contribution in [0.1, 0.15) is 46.9 Å². The summed E-state index contributed by atoms with van der Waals surface area (Å²) in [5.74, 6) is 0. The van der Waals surface area contributed by atoms with Crippen molar-refractivity contribution in [3.8, 4) is 0 Å². The average Bonchev–Trinajstić information content (AvgIpc) is 2.54. The zero-order chi connectivity index (χ0) is 11.4. The Morgan fingerprint density at radius 1 is 1.29 bits per heavy atom. The second-order valence-corrected chi connectivity index (χ2v) is 3.71. The Morgan fingerprint density at radius 2 is 1.79 bits per heavy atom. The molecular weight excluding hydrogens is 186 g/mol. The molecule has 0 unspecified atom stereocenters. The van der Waals surface area contributed by atoms with Crippen LogP contribution in [-0.4, -0.2) is 9.78 Å². The van der Waals surface area contributed by atoms with Gasteiger partial charge >= 0.3 is 6.55 Å². The third kappa shape index (κ3) is 3.44. The molecule has 0 saturated heterocycles. The van der Waals surface area contributed by atoms with Gasteiger partial charge in [-0.15, -0.1) is 0 Å². The van der Waals surface area contributed by atoms with Gasteiger partial charge in [-0.1, -0.05) is 34.6 Å². The minimum absolute atomic E-state index is 0.167. The first kappa shape index (κ1) is 13.1. The van der Waals surface area contributed by atoms with E-state index in [2.05, 4.69) is 5.10 Å².